The Morgan fingerprint density at radius 3 is 1.96 bits per heavy atom. The lowest BCUT2D eigenvalue weighted by molar-refractivity contribution is 0.361. The topological polar surface area (TPSA) is 9.23 Å². The summed E-state index contributed by atoms with van der Waals surface area (Å²) in [6.45, 7) is 4.08. The molecule has 0 unspecified atom stereocenters. The summed E-state index contributed by atoms with van der Waals surface area (Å²) in [5, 5.41) is 0. The average molecular weight is 380 g/mol. The van der Waals surface area contributed by atoms with Crippen molar-refractivity contribution in [1.82, 2.24) is 0 Å². The highest BCUT2D eigenvalue weighted by Gasteiger charge is 2.14. The molecule has 0 amide bonds. The van der Waals surface area contributed by atoms with Gasteiger partial charge in [-0.15, -0.1) is 11.6 Å². The molecule has 3 rings (SSSR count). The largest absolute Gasteiger partial charge is 0.494 e. The molecule has 0 aliphatic carbocycles. The average Bonchev–Trinajstić information content (AvgIpc) is 2.71. The second-order valence-corrected chi connectivity index (χ2v) is 6.42. The van der Waals surface area contributed by atoms with Crippen molar-refractivity contribution in [3.05, 3.63) is 108 Å². The molecule has 0 bridgehead atoms. The highest BCUT2D eigenvalue weighted by molar-refractivity contribution is 6.18. The number of hydrogen-bond acceptors (Lipinski definition) is 1. The van der Waals surface area contributed by atoms with Crippen LogP contribution in [0, 0.1) is 12.7 Å². The molecule has 0 saturated heterocycles. The standard InChI is InChI=1S/C24H21ClFO/c1-2-27-22-14-10-20(11-15-22)24(19-8-12-21(26)13-9-19)23(16-17-25)18-6-4-3-5-7-18/h3-15H,1-2,16-17H2/b24-23+. The third-order valence-electron chi connectivity index (χ3n) is 4.31. The van der Waals surface area contributed by atoms with Crippen molar-refractivity contribution in [3.8, 4) is 5.75 Å². The minimum Gasteiger partial charge on any atom is -0.494 e. The van der Waals surface area contributed by atoms with Gasteiger partial charge in [-0.1, -0.05) is 54.6 Å². The maximum atomic E-state index is 13.5. The van der Waals surface area contributed by atoms with Gasteiger partial charge in [0.2, 0.25) is 0 Å². The van der Waals surface area contributed by atoms with Gasteiger partial charge in [0.05, 0.1) is 6.61 Å². The number of halogens is 2. The van der Waals surface area contributed by atoms with Crippen molar-refractivity contribution in [3.63, 3.8) is 0 Å². The highest BCUT2D eigenvalue weighted by atomic mass is 35.5. The van der Waals surface area contributed by atoms with Crippen LogP contribution in [-0.2, 0) is 0 Å². The van der Waals surface area contributed by atoms with Crippen molar-refractivity contribution in [2.75, 3.05) is 12.5 Å². The molecule has 3 heteroatoms. The number of rotatable bonds is 7. The minimum atomic E-state index is -0.254. The Bertz CT molecular complexity index is 884. The number of allylic oxidation sites excluding steroid dienone is 1. The molecule has 0 aliphatic rings. The first-order valence-electron chi connectivity index (χ1n) is 8.86. The van der Waals surface area contributed by atoms with E-state index in [-0.39, 0.29) is 5.82 Å². The van der Waals surface area contributed by atoms with E-state index in [2.05, 4.69) is 19.1 Å². The van der Waals surface area contributed by atoms with Crippen LogP contribution in [-0.4, -0.2) is 12.5 Å². The Kier molecular flexibility index (Phi) is 6.67. The molecule has 3 aromatic carbocycles. The zero-order valence-electron chi connectivity index (χ0n) is 15.0. The molecular formula is C24H21ClFO. The lowest BCUT2D eigenvalue weighted by atomic mass is 9.88. The predicted octanol–water partition coefficient (Wildman–Crippen LogP) is 6.63. The summed E-state index contributed by atoms with van der Waals surface area (Å²) in [5.41, 5.74) is 5.26. The van der Waals surface area contributed by atoms with E-state index in [0.29, 0.717) is 18.9 Å². The Morgan fingerprint density at radius 2 is 1.41 bits per heavy atom. The monoisotopic (exact) mass is 379 g/mol. The molecular weight excluding hydrogens is 359 g/mol. The lowest BCUT2D eigenvalue weighted by Gasteiger charge is -2.17. The summed E-state index contributed by atoms with van der Waals surface area (Å²) < 4.78 is 19.0. The van der Waals surface area contributed by atoms with Crippen molar-refractivity contribution in [2.45, 2.75) is 6.42 Å². The number of benzene rings is 3. The Morgan fingerprint density at radius 1 is 0.815 bits per heavy atom. The summed E-state index contributed by atoms with van der Waals surface area (Å²) in [4.78, 5) is 0. The summed E-state index contributed by atoms with van der Waals surface area (Å²) in [6.07, 6.45) is 0.704. The molecule has 0 aliphatic heterocycles. The molecule has 27 heavy (non-hydrogen) atoms. The first-order chi connectivity index (χ1) is 13.2. The fraction of sp³-hybridized carbons (Fsp3) is 0.125. The van der Waals surface area contributed by atoms with Crippen LogP contribution in [0.15, 0.2) is 78.9 Å². The number of alkyl halides is 1. The molecule has 0 heterocycles. The van der Waals surface area contributed by atoms with Gasteiger partial charge >= 0.3 is 0 Å². The Labute approximate surface area is 165 Å². The first kappa shape index (κ1) is 19.2. The quantitative estimate of drug-likeness (QED) is 0.331. The van der Waals surface area contributed by atoms with Crippen molar-refractivity contribution in [2.24, 2.45) is 0 Å². The lowest BCUT2D eigenvalue weighted by Crippen LogP contribution is -1.97. The van der Waals surface area contributed by atoms with E-state index in [1.807, 2.05) is 54.6 Å². The zero-order chi connectivity index (χ0) is 19.1. The van der Waals surface area contributed by atoms with Crippen LogP contribution < -0.4 is 4.74 Å². The molecule has 1 nitrogen and oxygen atoms in total. The van der Waals surface area contributed by atoms with Crippen LogP contribution in [0.25, 0.3) is 11.1 Å². The van der Waals surface area contributed by atoms with Crippen LogP contribution in [0.2, 0.25) is 0 Å². The fourth-order valence-electron chi connectivity index (χ4n) is 3.11. The third-order valence-corrected chi connectivity index (χ3v) is 4.50. The summed E-state index contributed by atoms with van der Waals surface area (Å²) in [5.74, 6) is 1.01. The molecule has 0 atom stereocenters. The smallest absolute Gasteiger partial charge is 0.123 e. The molecule has 0 spiro atoms. The van der Waals surface area contributed by atoms with Crippen molar-refractivity contribution >= 4 is 22.7 Å². The van der Waals surface area contributed by atoms with Gasteiger partial charge < -0.3 is 4.74 Å². The predicted molar refractivity (Wildman–Crippen MR) is 111 cm³/mol. The van der Waals surface area contributed by atoms with Gasteiger partial charge in [0.1, 0.15) is 11.6 Å². The molecule has 1 radical (unpaired) electrons. The van der Waals surface area contributed by atoms with Crippen LogP contribution in [0.3, 0.4) is 0 Å². The maximum absolute atomic E-state index is 13.5. The van der Waals surface area contributed by atoms with E-state index in [1.165, 1.54) is 12.1 Å². The van der Waals surface area contributed by atoms with E-state index in [0.717, 1.165) is 33.6 Å². The Balaban J connectivity index is 2.20. The van der Waals surface area contributed by atoms with Gasteiger partial charge in [-0.2, -0.15) is 0 Å². The van der Waals surface area contributed by atoms with Crippen LogP contribution in [0.5, 0.6) is 5.75 Å². The molecule has 0 saturated carbocycles. The number of hydrogen-bond donors (Lipinski definition) is 0. The van der Waals surface area contributed by atoms with Crippen LogP contribution in [0.1, 0.15) is 23.1 Å². The SMILES string of the molecule is [CH2]COc1ccc(/C(=C(\CCCl)c2ccccc2)c2ccc(F)cc2)cc1. The van der Waals surface area contributed by atoms with Gasteiger partial charge in [0, 0.05) is 5.88 Å². The summed E-state index contributed by atoms with van der Waals surface area (Å²) in [7, 11) is 0. The third kappa shape index (κ3) is 4.78. The first-order valence-corrected chi connectivity index (χ1v) is 9.39. The molecule has 137 valence electrons. The van der Waals surface area contributed by atoms with Crippen LogP contribution >= 0.6 is 11.6 Å². The fourth-order valence-corrected chi connectivity index (χ4v) is 3.30. The van der Waals surface area contributed by atoms with E-state index in [1.54, 1.807) is 0 Å². The van der Waals surface area contributed by atoms with Gasteiger partial charge in [-0.05, 0) is 65.4 Å². The van der Waals surface area contributed by atoms with E-state index in [4.69, 9.17) is 16.3 Å². The molecule has 3 aromatic rings. The van der Waals surface area contributed by atoms with Gasteiger partial charge in [0.25, 0.3) is 0 Å². The van der Waals surface area contributed by atoms with E-state index < -0.39 is 0 Å². The van der Waals surface area contributed by atoms with Gasteiger partial charge in [-0.3, -0.25) is 0 Å². The van der Waals surface area contributed by atoms with Crippen LogP contribution in [0.4, 0.5) is 4.39 Å². The van der Waals surface area contributed by atoms with Crippen molar-refractivity contribution < 1.29 is 9.13 Å². The van der Waals surface area contributed by atoms with Gasteiger partial charge in [-0.25, -0.2) is 4.39 Å². The van der Waals surface area contributed by atoms with E-state index in [9.17, 15) is 4.39 Å². The van der Waals surface area contributed by atoms with Crippen molar-refractivity contribution in [1.29, 1.82) is 0 Å². The molecule has 0 N–H and O–H groups in total. The summed E-state index contributed by atoms with van der Waals surface area (Å²) >= 11 is 6.14. The number of ether oxygens (including phenoxy) is 1. The minimum absolute atomic E-state index is 0.254. The molecule has 0 fully saturated rings. The van der Waals surface area contributed by atoms with E-state index >= 15 is 0 Å². The second-order valence-electron chi connectivity index (χ2n) is 6.04. The maximum Gasteiger partial charge on any atom is 0.123 e. The zero-order valence-corrected chi connectivity index (χ0v) is 15.8. The normalized spacial score (nSPS) is 11.8. The summed E-state index contributed by atoms with van der Waals surface area (Å²) in [6, 6.07) is 24.6. The molecule has 0 aromatic heterocycles. The van der Waals surface area contributed by atoms with Gasteiger partial charge in [0.15, 0.2) is 0 Å². The highest BCUT2D eigenvalue weighted by Crippen LogP contribution is 2.35. The Hall–Kier alpha value is -2.58. The second kappa shape index (κ2) is 9.38.